The van der Waals surface area contributed by atoms with E-state index in [2.05, 4.69) is 19.7 Å². The maximum Gasteiger partial charge on any atom is 0.266 e. The first-order valence-corrected chi connectivity index (χ1v) is 6.84. The third-order valence-corrected chi connectivity index (χ3v) is 3.58. The van der Waals surface area contributed by atoms with Gasteiger partial charge in [0.1, 0.15) is 15.9 Å². The van der Waals surface area contributed by atoms with Crippen LogP contribution < -0.4 is 4.72 Å². The molecule has 0 aliphatic rings. The van der Waals surface area contributed by atoms with E-state index in [1.165, 1.54) is 12.1 Å². The van der Waals surface area contributed by atoms with Gasteiger partial charge in [-0.2, -0.15) is 0 Å². The lowest BCUT2D eigenvalue weighted by Crippen LogP contribution is -2.14. The van der Waals surface area contributed by atoms with Gasteiger partial charge in [-0.05, 0) is 23.7 Å². The van der Waals surface area contributed by atoms with Crippen LogP contribution >= 0.6 is 23.2 Å². The number of halogens is 2. The van der Waals surface area contributed by atoms with Crippen molar-refractivity contribution in [2.75, 3.05) is 4.72 Å². The van der Waals surface area contributed by atoms with Crippen molar-refractivity contribution in [1.29, 1.82) is 0 Å². The van der Waals surface area contributed by atoms with E-state index in [0.29, 0.717) is 0 Å². The average Bonchev–Trinajstić information content (AvgIpc) is 2.29. The van der Waals surface area contributed by atoms with Gasteiger partial charge in [0.25, 0.3) is 10.0 Å². The van der Waals surface area contributed by atoms with Gasteiger partial charge >= 0.3 is 0 Å². The highest BCUT2D eigenvalue weighted by molar-refractivity contribution is 7.92. The number of nitrogens with one attached hydrogen (secondary N) is 1. The second-order valence-electron chi connectivity index (χ2n) is 3.14. The molecule has 0 aliphatic carbocycles. The van der Waals surface area contributed by atoms with Gasteiger partial charge in [0.05, 0.1) is 12.4 Å². The Balaban J connectivity index is 2.30. The summed E-state index contributed by atoms with van der Waals surface area (Å²) in [7, 11) is -3.80. The SMILES string of the molecule is O=S(=O)(Nc1cccc(Cl)n1)c1cnc(Cl)nc1. The van der Waals surface area contributed by atoms with Gasteiger partial charge < -0.3 is 0 Å². The summed E-state index contributed by atoms with van der Waals surface area (Å²) in [6, 6.07) is 4.58. The number of sulfonamides is 1. The molecule has 0 atom stereocenters. The minimum atomic E-state index is -3.80. The number of hydrogen-bond donors (Lipinski definition) is 1. The fourth-order valence-corrected chi connectivity index (χ4v) is 2.25. The predicted molar refractivity (Wildman–Crippen MR) is 67.1 cm³/mol. The van der Waals surface area contributed by atoms with Gasteiger partial charge in [-0.3, -0.25) is 4.72 Å². The Morgan fingerprint density at radius 2 is 1.78 bits per heavy atom. The molecule has 6 nitrogen and oxygen atoms in total. The molecule has 0 saturated heterocycles. The van der Waals surface area contributed by atoms with Crippen molar-refractivity contribution < 1.29 is 8.42 Å². The molecule has 0 amide bonds. The molecule has 0 spiro atoms. The highest BCUT2D eigenvalue weighted by Gasteiger charge is 2.16. The second-order valence-corrected chi connectivity index (χ2v) is 5.55. The molecular weight excluding hydrogens is 299 g/mol. The normalized spacial score (nSPS) is 11.2. The van der Waals surface area contributed by atoms with E-state index in [-0.39, 0.29) is 21.2 Å². The zero-order chi connectivity index (χ0) is 13.2. The van der Waals surface area contributed by atoms with Crippen LogP contribution in [0.2, 0.25) is 10.4 Å². The number of anilines is 1. The third-order valence-electron chi connectivity index (χ3n) is 1.86. The Kier molecular flexibility index (Phi) is 3.65. The molecule has 0 saturated carbocycles. The maximum atomic E-state index is 11.9. The summed E-state index contributed by atoms with van der Waals surface area (Å²) in [5.41, 5.74) is 0. The van der Waals surface area contributed by atoms with E-state index in [4.69, 9.17) is 23.2 Å². The third kappa shape index (κ3) is 3.06. The van der Waals surface area contributed by atoms with Crippen LogP contribution in [-0.4, -0.2) is 23.4 Å². The fraction of sp³-hybridized carbons (Fsp3) is 0. The number of nitrogens with zero attached hydrogens (tertiary/aromatic N) is 3. The average molecular weight is 305 g/mol. The summed E-state index contributed by atoms with van der Waals surface area (Å²) in [6.07, 6.45) is 2.20. The predicted octanol–water partition coefficient (Wildman–Crippen LogP) is 1.98. The van der Waals surface area contributed by atoms with Crippen LogP contribution in [0.15, 0.2) is 35.5 Å². The zero-order valence-electron chi connectivity index (χ0n) is 8.71. The molecule has 0 aromatic carbocycles. The molecule has 0 aliphatic heterocycles. The molecule has 2 aromatic rings. The molecule has 2 aromatic heterocycles. The fourth-order valence-electron chi connectivity index (χ4n) is 1.10. The summed E-state index contributed by atoms with van der Waals surface area (Å²) >= 11 is 11.1. The van der Waals surface area contributed by atoms with Gasteiger partial charge in [-0.25, -0.2) is 23.4 Å². The molecule has 94 valence electrons. The molecule has 2 heterocycles. The minimum absolute atomic E-state index is 0.0326. The molecule has 0 fully saturated rings. The van der Waals surface area contributed by atoms with E-state index in [0.717, 1.165) is 12.4 Å². The topological polar surface area (TPSA) is 84.8 Å². The van der Waals surface area contributed by atoms with E-state index < -0.39 is 10.0 Å². The van der Waals surface area contributed by atoms with Crippen molar-refractivity contribution in [3.8, 4) is 0 Å². The van der Waals surface area contributed by atoms with Crippen LogP contribution in [0, 0.1) is 0 Å². The van der Waals surface area contributed by atoms with Crippen molar-refractivity contribution in [2.24, 2.45) is 0 Å². The quantitative estimate of drug-likeness (QED) is 0.692. The lowest BCUT2D eigenvalue weighted by Gasteiger charge is -2.06. The molecule has 0 radical (unpaired) electrons. The first-order valence-electron chi connectivity index (χ1n) is 4.60. The Morgan fingerprint density at radius 1 is 1.11 bits per heavy atom. The van der Waals surface area contributed by atoms with Crippen LogP contribution in [0.1, 0.15) is 0 Å². The van der Waals surface area contributed by atoms with Crippen LogP contribution in [0.25, 0.3) is 0 Å². The van der Waals surface area contributed by atoms with Crippen molar-refractivity contribution >= 4 is 39.0 Å². The van der Waals surface area contributed by atoms with Crippen LogP contribution in [-0.2, 0) is 10.0 Å². The Bertz CT molecular complexity index is 661. The lowest BCUT2D eigenvalue weighted by molar-refractivity contribution is 0.600. The highest BCUT2D eigenvalue weighted by Crippen LogP contribution is 2.15. The second kappa shape index (κ2) is 5.05. The van der Waals surface area contributed by atoms with Crippen LogP contribution in [0.5, 0.6) is 0 Å². The molecule has 9 heteroatoms. The molecular formula is C9H6Cl2N4O2S. The summed E-state index contributed by atoms with van der Waals surface area (Å²) in [4.78, 5) is 10.9. The number of pyridine rings is 1. The van der Waals surface area contributed by atoms with Crippen molar-refractivity contribution in [1.82, 2.24) is 15.0 Å². The molecule has 1 N–H and O–H groups in total. The zero-order valence-corrected chi connectivity index (χ0v) is 11.0. The first kappa shape index (κ1) is 13.0. The monoisotopic (exact) mass is 304 g/mol. The number of aromatic nitrogens is 3. The minimum Gasteiger partial charge on any atom is -0.263 e. The largest absolute Gasteiger partial charge is 0.266 e. The molecule has 0 unspecified atom stereocenters. The van der Waals surface area contributed by atoms with E-state index in [1.807, 2.05) is 0 Å². The maximum absolute atomic E-state index is 11.9. The van der Waals surface area contributed by atoms with Crippen LogP contribution in [0.3, 0.4) is 0 Å². The Labute approximate surface area is 113 Å². The van der Waals surface area contributed by atoms with Gasteiger partial charge in [0.2, 0.25) is 5.28 Å². The number of rotatable bonds is 3. The summed E-state index contributed by atoms with van der Waals surface area (Å²) in [6.45, 7) is 0. The van der Waals surface area contributed by atoms with Crippen molar-refractivity contribution in [3.05, 3.63) is 41.0 Å². The molecule has 0 bridgehead atoms. The highest BCUT2D eigenvalue weighted by atomic mass is 35.5. The van der Waals surface area contributed by atoms with Crippen molar-refractivity contribution in [2.45, 2.75) is 4.90 Å². The van der Waals surface area contributed by atoms with Gasteiger partial charge in [-0.15, -0.1) is 0 Å². The Morgan fingerprint density at radius 3 is 2.39 bits per heavy atom. The van der Waals surface area contributed by atoms with Crippen molar-refractivity contribution in [3.63, 3.8) is 0 Å². The van der Waals surface area contributed by atoms with Gasteiger partial charge in [-0.1, -0.05) is 17.7 Å². The van der Waals surface area contributed by atoms with E-state index >= 15 is 0 Å². The molecule has 2 rings (SSSR count). The van der Waals surface area contributed by atoms with E-state index in [9.17, 15) is 8.42 Å². The first-order chi connectivity index (χ1) is 8.47. The van der Waals surface area contributed by atoms with Gasteiger partial charge in [0, 0.05) is 0 Å². The molecule has 18 heavy (non-hydrogen) atoms. The standard InChI is InChI=1S/C9H6Cl2N4O2S/c10-7-2-1-3-8(14-7)15-18(16,17)6-4-12-9(11)13-5-6/h1-5H,(H,14,15). The number of hydrogen-bond acceptors (Lipinski definition) is 5. The summed E-state index contributed by atoms with van der Waals surface area (Å²) < 4.78 is 26.1. The smallest absolute Gasteiger partial charge is 0.263 e. The van der Waals surface area contributed by atoms with Crippen LogP contribution in [0.4, 0.5) is 5.82 Å². The van der Waals surface area contributed by atoms with Gasteiger partial charge in [0.15, 0.2) is 0 Å². The lowest BCUT2D eigenvalue weighted by atomic mass is 10.5. The van der Waals surface area contributed by atoms with E-state index in [1.54, 1.807) is 6.07 Å². The summed E-state index contributed by atoms with van der Waals surface area (Å²) in [5.74, 6) is 0.109. The Hall–Kier alpha value is -1.44. The summed E-state index contributed by atoms with van der Waals surface area (Å²) in [5, 5.41) is 0.150.